The Bertz CT molecular complexity index is 387. The molecule has 1 fully saturated rings. The van der Waals surface area contributed by atoms with Crippen LogP contribution in [0.2, 0.25) is 0 Å². The van der Waals surface area contributed by atoms with Gasteiger partial charge in [0.25, 0.3) is 0 Å². The Kier molecular flexibility index (Phi) is 5.90. The molecule has 1 heterocycles. The maximum atomic E-state index is 10.2. The van der Waals surface area contributed by atoms with Gasteiger partial charge in [0.15, 0.2) is 0 Å². The van der Waals surface area contributed by atoms with E-state index in [1.165, 1.54) is 44.3 Å². The van der Waals surface area contributed by atoms with E-state index in [-0.39, 0.29) is 6.10 Å². The maximum absolute atomic E-state index is 10.2. The molecule has 2 nitrogen and oxygen atoms in total. The van der Waals surface area contributed by atoms with Crippen molar-refractivity contribution in [3.05, 3.63) is 29.8 Å². The number of benzene rings is 1. The molecule has 1 aromatic carbocycles. The highest BCUT2D eigenvalue weighted by Gasteiger charge is 2.20. The molecule has 0 amide bonds. The lowest BCUT2D eigenvalue weighted by Crippen LogP contribution is -2.26. The third-order valence-corrected chi connectivity index (χ3v) is 4.49. The minimum atomic E-state index is -0.295. The minimum absolute atomic E-state index is 0.295. The highest BCUT2D eigenvalue weighted by atomic mass is 16.3. The van der Waals surface area contributed by atoms with E-state index in [0.29, 0.717) is 6.04 Å². The summed E-state index contributed by atoms with van der Waals surface area (Å²) in [4.78, 5) is 2.47. The lowest BCUT2D eigenvalue weighted by Gasteiger charge is -2.24. The molecule has 2 rings (SSSR count). The monoisotopic (exact) mass is 275 g/mol. The fraction of sp³-hybridized carbons (Fsp3) is 0.667. The van der Waals surface area contributed by atoms with Crippen LogP contribution in [0.4, 0.5) is 5.69 Å². The number of rotatable bonds is 7. The van der Waals surface area contributed by atoms with Gasteiger partial charge in [-0.25, -0.2) is 0 Å². The van der Waals surface area contributed by atoms with Gasteiger partial charge in [0.05, 0.1) is 6.10 Å². The molecule has 1 aliphatic heterocycles. The summed E-state index contributed by atoms with van der Waals surface area (Å²) in [6, 6.07) is 9.20. The lowest BCUT2D eigenvalue weighted by atomic mass is 10.0. The van der Waals surface area contributed by atoms with Crippen molar-refractivity contribution in [2.24, 2.45) is 0 Å². The van der Waals surface area contributed by atoms with Crippen LogP contribution in [-0.2, 0) is 0 Å². The van der Waals surface area contributed by atoms with Gasteiger partial charge in [-0.1, -0.05) is 44.7 Å². The van der Waals surface area contributed by atoms with Crippen molar-refractivity contribution in [1.29, 1.82) is 0 Å². The predicted molar refractivity (Wildman–Crippen MR) is 86.2 cm³/mol. The van der Waals surface area contributed by atoms with Crippen LogP contribution in [0.1, 0.15) is 70.5 Å². The number of aliphatic hydroxyl groups is 1. The fourth-order valence-electron chi connectivity index (χ4n) is 3.14. The Hall–Kier alpha value is -1.02. The third-order valence-electron chi connectivity index (χ3n) is 4.49. The normalized spacial score (nSPS) is 20.4. The number of hydrogen-bond donors (Lipinski definition) is 1. The zero-order valence-electron chi connectivity index (χ0n) is 13.0. The molecule has 1 aromatic rings. The van der Waals surface area contributed by atoms with Crippen LogP contribution >= 0.6 is 0 Å². The first-order valence-electron chi connectivity index (χ1n) is 8.27. The summed E-state index contributed by atoms with van der Waals surface area (Å²) >= 11 is 0. The van der Waals surface area contributed by atoms with E-state index < -0.39 is 0 Å². The standard InChI is InChI=1S/C18H29NO/c1-3-4-5-6-9-18(20)16-10-12-17(13-11-16)19-14-7-8-15(19)2/h10-13,15,18,20H,3-9,14H2,1-2H3. The van der Waals surface area contributed by atoms with Gasteiger partial charge >= 0.3 is 0 Å². The van der Waals surface area contributed by atoms with Crippen molar-refractivity contribution in [2.45, 2.75) is 70.9 Å². The van der Waals surface area contributed by atoms with Gasteiger partial charge < -0.3 is 10.0 Å². The average Bonchev–Trinajstić information content (AvgIpc) is 2.90. The lowest BCUT2D eigenvalue weighted by molar-refractivity contribution is 0.163. The summed E-state index contributed by atoms with van der Waals surface area (Å²) in [6.07, 6.45) is 8.07. The zero-order valence-corrected chi connectivity index (χ0v) is 13.0. The highest BCUT2D eigenvalue weighted by molar-refractivity contribution is 5.49. The van der Waals surface area contributed by atoms with Crippen LogP contribution in [0.15, 0.2) is 24.3 Å². The Morgan fingerprint density at radius 3 is 2.55 bits per heavy atom. The van der Waals surface area contributed by atoms with Crippen molar-refractivity contribution >= 4 is 5.69 Å². The Labute approximate surface area is 123 Å². The summed E-state index contributed by atoms with van der Waals surface area (Å²) in [5.41, 5.74) is 2.37. The second-order valence-electron chi connectivity index (χ2n) is 6.14. The van der Waals surface area contributed by atoms with E-state index in [1.807, 2.05) is 0 Å². The molecule has 2 unspecified atom stereocenters. The topological polar surface area (TPSA) is 23.5 Å². The fourth-order valence-corrected chi connectivity index (χ4v) is 3.14. The highest BCUT2D eigenvalue weighted by Crippen LogP contribution is 2.27. The van der Waals surface area contributed by atoms with Crippen LogP contribution in [0.3, 0.4) is 0 Å². The summed E-state index contributed by atoms with van der Waals surface area (Å²) in [5, 5.41) is 10.2. The first-order chi connectivity index (χ1) is 9.72. The molecule has 1 N–H and O–H groups in total. The largest absolute Gasteiger partial charge is 0.388 e. The number of anilines is 1. The van der Waals surface area contributed by atoms with Crippen molar-refractivity contribution < 1.29 is 5.11 Å². The Morgan fingerprint density at radius 2 is 1.95 bits per heavy atom. The van der Waals surface area contributed by atoms with Crippen molar-refractivity contribution in [3.63, 3.8) is 0 Å². The first kappa shape index (κ1) is 15.4. The van der Waals surface area contributed by atoms with Gasteiger partial charge in [-0.05, 0) is 43.9 Å². The van der Waals surface area contributed by atoms with Gasteiger partial charge in [-0.3, -0.25) is 0 Å². The molecule has 2 atom stereocenters. The Morgan fingerprint density at radius 1 is 1.20 bits per heavy atom. The van der Waals surface area contributed by atoms with Crippen LogP contribution in [0.25, 0.3) is 0 Å². The third kappa shape index (κ3) is 3.99. The van der Waals surface area contributed by atoms with Crippen molar-refractivity contribution in [3.8, 4) is 0 Å². The SMILES string of the molecule is CCCCCCC(O)c1ccc(N2CCCC2C)cc1. The first-order valence-corrected chi connectivity index (χ1v) is 8.27. The molecule has 0 saturated carbocycles. The van der Waals surface area contributed by atoms with Crippen molar-refractivity contribution in [1.82, 2.24) is 0 Å². The van der Waals surface area contributed by atoms with Crippen LogP contribution in [-0.4, -0.2) is 17.7 Å². The van der Waals surface area contributed by atoms with E-state index >= 15 is 0 Å². The van der Waals surface area contributed by atoms with Gasteiger partial charge in [0.1, 0.15) is 0 Å². The zero-order chi connectivity index (χ0) is 14.4. The van der Waals surface area contributed by atoms with E-state index in [2.05, 4.69) is 43.0 Å². The Balaban J connectivity index is 1.87. The molecule has 0 spiro atoms. The summed E-state index contributed by atoms with van der Waals surface area (Å²) in [7, 11) is 0. The second kappa shape index (κ2) is 7.68. The summed E-state index contributed by atoms with van der Waals surface area (Å²) < 4.78 is 0. The quantitative estimate of drug-likeness (QED) is 0.730. The predicted octanol–water partition coefficient (Wildman–Crippen LogP) is 4.68. The second-order valence-corrected chi connectivity index (χ2v) is 6.14. The van der Waals surface area contributed by atoms with Gasteiger partial charge in [0, 0.05) is 18.3 Å². The van der Waals surface area contributed by atoms with Crippen molar-refractivity contribution in [2.75, 3.05) is 11.4 Å². The number of nitrogens with zero attached hydrogens (tertiary/aromatic N) is 1. The molecule has 0 aromatic heterocycles. The maximum Gasteiger partial charge on any atom is 0.0790 e. The van der Waals surface area contributed by atoms with Gasteiger partial charge in [0.2, 0.25) is 0 Å². The molecule has 112 valence electrons. The molecule has 0 radical (unpaired) electrons. The van der Waals surface area contributed by atoms with Crippen LogP contribution in [0.5, 0.6) is 0 Å². The smallest absolute Gasteiger partial charge is 0.0790 e. The van der Waals surface area contributed by atoms with Crippen LogP contribution < -0.4 is 4.90 Å². The number of aliphatic hydroxyl groups excluding tert-OH is 1. The average molecular weight is 275 g/mol. The van der Waals surface area contributed by atoms with Gasteiger partial charge in [-0.15, -0.1) is 0 Å². The molecule has 20 heavy (non-hydrogen) atoms. The molecule has 1 aliphatic rings. The summed E-state index contributed by atoms with van der Waals surface area (Å²) in [5.74, 6) is 0. The molecule has 2 heteroatoms. The van der Waals surface area contributed by atoms with E-state index in [4.69, 9.17) is 0 Å². The van der Waals surface area contributed by atoms with Crippen LogP contribution in [0, 0.1) is 0 Å². The molecule has 0 aliphatic carbocycles. The molecule has 1 saturated heterocycles. The molecular weight excluding hydrogens is 246 g/mol. The number of unbranched alkanes of at least 4 members (excludes halogenated alkanes) is 3. The molecular formula is C18H29NO. The van der Waals surface area contributed by atoms with E-state index in [0.717, 1.165) is 18.4 Å². The van der Waals surface area contributed by atoms with E-state index in [1.54, 1.807) is 0 Å². The van der Waals surface area contributed by atoms with E-state index in [9.17, 15) is 5.11 Å². The molecule has 0 bridgehead atoms. The minimum Gasteiger partial charge on any atom is -0.388 e. The summed E-state index contributed by atoms with van der Waals surface area (Å²) in [6.45, 7) is 5.68. The number of hydrogen-bond acceptors (Lipinski definition) is 2. The van der Waals surface area contributed by atoms with Gasteiger partial charge in [-0.2, -0.15) is 0 Å².